The van der Waals surface area contributed by atoms with Crippen molar-refractivity contribution >= 4 is 45.0 Å². The number of nitrogens with one attached hydrogen (secondary N) is 2. The van der Waals surface area contributed by atoms with Crippen LogP contribution in [0.5, 0.6) is 0 Å². The Balaban J connectivity index is 2.11. The van der Waals surface area contributed by atoms with Gasteiger partial charge in [-0.15, -0.1) is 0 Å². The van der Waals surface area contributed by atoms with Gasteiger partial charge < -0.3 is 15.7 Å². The summed E-state index contributed by atoms with van der Waals surface area (Å²) in [6.45, 7) is 1.86. The normalized spacial score (nSPS) is 11.7. The van der Waals surface area contributed by atoms with Gasteiger partial charge in [0, 0.05) is 4.47 Å². The van der Waals surface area contributed by atoms with E-state index in [1.54, 1.807) is 23.5 Å². The number of carbonyl (C=O) groups is 2. The monoisotopic (exact) mass is 368 g/mol. The number of hydrogen-bond donors (Lipinski definition) is 3. The van der Waals surface area contributed by atoms with E-state index in [4.69, 9.17) is 5.11 Å². The molecule has 1 aromatic heterocycles. The van der Waals surface area contributed by atoms with Crippen molar-refractivity contribution in [2.24, 2.45) is 0 Å². The molecule has 2 aromatic rings. The molecule has 0 aliphatic heterocycles. The topological polar surface area (TPSA) is 78.4 Å². The van der Waals surface area contributed by atoms with E-state index < -0.39 is 12.0 Å². The molecule has 2 rings (SSSR count). The molecule has 5 nitrogen and oxygen atoms in total. The fraction of sp³-hybridized carbons (Fsp3) is 0.143. The van der Waals surface area contributed by atoms with E-state index in [0.29, 0.717) is 4.47 Å². The van der Waals surface area contributed by atoms with Crippen LogP contribution in [-0.2, 0) is 0 Å². The molecule has 1 atom stereocenters. The molecule has 110 valence electrons. The first kappa shape index (κ1) is 15.5. The van der Waals surface area contributed by atoms with Crippen LogP contribution in [-0.4, -0.2) is 17.1 Å². The van der Waals surface area contributed by atoms with Crippen LogP contribution in [0.2, 0.25) is 0 Å². The molecule has 0 saturated heterocycles. The number of para-hydroxylation sites is 1. The van der Waals surface area contributed by atoms with Crippen LogP contribution < -0.4 is 10.6 Å². The predicted octanol–water partition coefficient (Wildman–Crippen LogP) is 4.09. The quantitative estimate of drug-likeness (QED) is 0.760. The minimum absolute atomic E-state index is 0.0303. The molecular formula is C14H13BrN2O3S. The van der Waals surface area contributed by atoms with Crippen molar-refractivity contribution in [2.45, 2.75) is 13.0 Å². The summed E-state index contributed by atoms with van der Waals surface area (Å²) in [5, 5.41) is 18.4. The largest absolute Gasteiger partial charge is 0.478 e. The first-order valence-electron chi connectivity index (χ1n) is 6.10. The molecule has 0 spiro atoms. The van der Waals surface area contributed by atoms with Crippen LogP contribution in [0.1, 0.15) is 28.9 Å². The summed E-state index contributed by atoms with van der Waals surface area (Å²) in [4.78, 5) is 23.2. The van der Waals surface area contributed by atoms with Crippen LogP contribution in [0.25, 0.3) is 0 Å². The van der Waals surface area contributed by atoms with E-state index in [1.165, 1.54) is 6.07 Å². The van der Waals surface area contributed by atoms with Gasteiger partial charge in [0.05, 0.1) is 17.3 Å². The smallest absolute Gasteiger partial charge is 0.337 e. The maximum atomic E-state index is 12.0. The number of amides is 2. The molecule has 3 N–H and O–H groups in total. The van der Waals surface area contributed by atoms with E-state index >= 15 is 0 Å². The van der Waals surface area contributed by atoms with E-state index in [9.17, 15) is 9.59 Å². The predicted molar refractivity (Wildman–Crippen MR) is 86.0 cm³/mol. The van der Waals surface area contributed by atoms with Gasteiger partial charge in [-0.25, -0.2) is 9.59 Å². The first-order valence-corrected chi connectivity index (χ1v) is 7.84. The highest BCUT2D eigenvalue weighted by molar-refractivity contribution is 9.10. The number of carbonyl (C=O) groups excluding carboxylic acids is 1. The Morgan fingerprint density at radius 2 is 2.10 bits per heavy atom. The van der Waals surface area contributed by atoms with Crippen molar-refractivity contribution in [1.82, 2.24) is 5.32 Å². The van der Waals surface area contributed by atoms with Crippen LogP contribution in [0, 0.1) is 0 Å². The van der Waals surface area contributed by atoms with E-state index in [0.717, 1.165) is 5.56 Å². The minimum Gasteiger partial charge on any atom is -0.478 e. The number of rotatable bonds is 4. The zero-order chi connectivity index (χ0) is 15.4. The number of carboxylic acids is 1. The number of carboxylic acid groups (broad SMARTS) is 1. The van der Waals surface area contributed by atoms with Gasteiger partial charge in [0.2, 0.25) is 0 Å². The number of hydrogen-bond acceptors (Lipinski definition) is 3. The van der Waals surface area contributed by atoms with Gasteiger partial charge >= 0.3 is 12.0 Å². The second-order valence-electron chi connectivity index (χ2n) is 4.34. The number of anilines is 1. The van der Waals surface area contributed by atoms with Crippen LogP contribution >= 0.6 is 27.3 Å². The van der Waals surface area contributed by atoms with E-state index in [1.807, 2.05) is 23.8 Å². The molecule has 0 saturated carbocycles. The number of benzene rings is 1. The Hall–Kier alpha value is -1.86. The molecule has 0 radical (unpaired) electrons. The summed E-state index contributed by atoms with van der Waals surface area (Å²) in [5.41, 5.74) is 1.27. The summed E-state index contributed by atoms with van der Waals surface area (Å²) in [6.07, 6.45) is 0. The summed E-state index contributed by atoms with van der Waals surface area (Å²) in [7, 11) is 0. The maximum absolute atomic E-state index is 12.0. The first-order chi connectivity index (χ1) is 9.99. The lowest BCUT2D eigenvalue weighted by Gasteiger charge is -2.15. The second kappa shape index (κ2) is 6.73. The van der Waals surface area contributed by atoms with Crippen molar-refractivity contribution in [1.29, 1.82) is 0 Å². The van der Waals surface area contributed by atoms with Crippen LogP contribution in [0.15, 0.2) is 39.5 Å². The van der Waals surface area contributed by atoms with Crippen molar-refractivity contribution in [3.63, 3.8) is 0 Å². The third kappa shape index (κ3) is 3.83. The summed E-state index contributed by atoms with van der Waals surface area (Å²) >= 11 is 4.80. The van der Waals surface area contributed by atoms with Gasteiger partial charge in [-0.1, -0.05) is 6.07 Å². The van der Waals surface area contributed by atoms with Gasteiger partial charge in [-0.2, -0.15) is 11.3 Å². The lowest BCUT2D eigenvalue weighted by atomic mass is 10.2. The highest BCUT2D eigenvalue weighted by atomic mass is 79.9. The summed E-state index contributed by atoms with van der Waals surface area (Å²) < 4.78 is 0.515. The number of thiophene rings is 1. The zero-order valence-electron chi connectivity index (χ0n) is 11.1. The Morgan fingerprint density at radius 1 is 1.33 bits per heavy atom. The standard InChI is InChI=1S/C14H13BrN2O3S/c1-8(9-5-6-21-7-9)16-14(20)17-12-10(13(18)19)3-2-4-11(12)15/h2-8H,1H3,(H,18,19)(H2,16,17,20). The molecule has 0 aliphatic carbocycles. The molecule has 7 heteroatoms. The van der Waals surface area contributed by atoms with Crippen molar-refractivity contribution in [3.8, 4) is 0 Å². The van der Waals surface area contributed by atoms with Crippen LogP contribution in [0.4, 0.5) is 10.5 Å². The van der Waals surface area contributed by atoms with Gasteiger partial charge in [0.25, 0.3) is 0 Å². The molecular weight excluding hydrogens is 356 g/mol. The Kier molecular flexibility index (Phi) is 4.98. The van der Waals surface area contributed by atoms with Gasteiger partial charge in [-0.3, -0.25) is 0 Å². The number of aromatic carboxylic acids is 1. The average Bonchev–Trinajstić information content (AvgIpc) is 2.94. The second-order valence-corrected chi connectivity index (χ2v) is 5.98. The lowest BCUT2D eigenvalue weighted by molar-refractivity contribution is 0.0698. The maximum Gasteiger partial charge on any atom is 0.337 e. The van der Waals surface area contributed by atoms with Crippen molar-refractivity contribution < 1.29 is 14.7 Å². The highest BCUT2D eigenvalue weighted by Crippen LogP contribution is 2.26. The SMILES string of the molecule is CC(NC(=O)Nc1c(Br)cccc1C(=O)O)c1ccsc1. The minimum atomic E-state index is -1.10. The summed E-state index contributed by atoms with van der Waals surface area (Å²) in [5.74, 6) is -1.10. The molecule has 1 heterocycles. The van der Waals surface area contributed by atoms with Gasteiger partial charge in [0.1, 0.15) is 0 Å². The molecule has 0 bridgehead atoms. The van der Waals surface area contributed by atoms with Gasteiger partial charge in [0.15, 0.2) is 0 Å². The fourth-order valence-corrected chi connectivity index (χ4v) is 3.00. The molecule has 1 aromatic carbocycles. The average molecular weight is 369 g/mol. The third-order valence-electron chi connectivity index (χ3n) is 2.87. The molecule has 0 fully saturated rings. The summed E-state index contributed by atoms with van der Waals surface area (Å²) in [6, 6.07) is 6.02. The Bertz CT molecular complexity index is 658. The zero-order valence-corrected chi connectivity index (χ0v) is 13.5. The fourth-order valence-electron chi connectivity index (χ4n) is 1.78. The molecule has 0 aliphatic rings. The highest BCUT2D eigenvalue weighted by Gasteiger charge is 2.16. The van der Waals surface area contributed by atoms with Gasteiger partial charge in [-0.05, 0) is 57.4 Å². The van der Waals surface area contributed by atoms with E-state index in [2.05, 4.69) is 26.6 Å². The Morgan fingerprint density at radius 3 is 2.71 bits per heavy atom. The van der Waals surface area contributed by atoms with E-state index in [-0.39, 0.29) is 17.3 Å². The molecule has 2 amide bonds. The number of urea groups is 1. The van der Waals surface area contributed by atoms with Crippen molar-refractivity contribution in [2.75, 3.05) is 5.32 Å². The Labute approximate surface area is 134 Å². The molecule has 1 unspecified atom stereocenters. The van der Waals surface area contributed by atoms with Crippen molar-refractivity contribution in [3.05, 3.63) is 50.6 Å². The molecule has 21 heavy (non-hydrogen) atoms. The van der Waals surface area contributed by atoms with Crippen LogP contribution in [0.3, 0.4) is 0 Å². The lowest BCUT2D eigenvalue weighted by Crippen LogP contribution is -2.31. The number of halogens is 1. The third-order valence-corrected chi connectivity index (χ3v) is 4.24.